The van der Waals surface area contributed by atoms with E-state index < -0.39 is 0 Å². The van der Waals surface area contributed by atoms with Crippen molar-refractivity contribution in [3.63, 3.8) is 0 Å². The van der Waals surface area contributed by atoms with Gasteiger partial charge in [0.25, 0.3) is 0 Å². The number of aromatic nitrogens is 3. The van der Waals surface area contributed by atoms with E-state index >= 15 is 0 Å². The molecule has 0 aromatic carbocycles. The maximum atomic E-state index is 4.71. The van der Waals surface area contributed by atoms with Crippen molar-refractivity contribution in [1.82, 2.24) is 20.1 Å². The molecule has 104 valence electrons. The average molecular weight is 278 g/mol. The lowest BCUT2D eigenvalue weighted by molar-refractivity contribution is 0.575. The zero-order valence-corrected chi connectivity index (χ0v) is 12.9. The fourth-order valence-electron chi connectivity index (χ4n) is 2.14. The summed E-state index contributed by atoms with van der Waals surface area (Å²) in [6, 6.07) is 2.40. The van der Waals surface area contributed by atoms with Gasteiger partial charge in [0.2, 0.25) is 0 Å². The Kier molecular flexibility index (Phi) is 4.71. The van der Waals surface area contributed by atoms with E-state index in [4.69, 9.17) is 4.98 Å². The van der Waals surface area contributed by atoms with Crippen molar-refractivity contribution in [1.29, 1.82) is 0 Å². The molecule has 19 heavy (non-hydrogen) atoms. The molecule has 0 fully saturated rings. The first kappa shape index (κ1) is 14.2. The Morgan fingerprint density at radius 2 is 2.21 bits per heavy atom. The molecule has 1 atom stereocenters. The third-order valence-electron chi connectivity index (χ3n) is 3.16. The van der Waals surface area contributed by atoms with Gasteiger partial charge in [-0.25, -0.2) is 4.98 Å². The molecule has 2 aromatic rings. The molecule has 0 bridgehead atoms. The highest BCUT2D eigenvalue weighted by molar-refractivity contribution is 7.15. The Balaban J connectivity index is 2.25. The summed E-state index contributed by atoms with van der Waals surface area (Å²) < 4.78 is 1.99. The van der Waals surface area contributed by atoms with Gasteiger partial charge in [-0.05, 0) is 39.8 Å². The maximum Gasteiger partial charge on any atom is 0.142 e. The Morgan fingerprint density at radius 3 is 2.89 bits per heavy atom. The molecule has 0 saturated heterocycles. The molecule has 0 aliphatic carbocycles. The summed E-state index contributed by atoms with van der Waals surface area (Å²) >= 11 is 1.77. The number of rotatable bonds is 6. The highest BCUT2D eigenvalue weighted by atomic mass is 32.1. The van der Waals surface area contributed by atoms with Crippen LogP contribution in [0.5, 0.6) is 0 Å². The van der Waals surface area contributed by atoms with Crippen molar-refractivity contribution < 1.29 is 0 Å². The van der Waals surface area contributed by atoms with Crippen molar-refractivity contribution >= 4 is 11.3 Å². The number of nitrogens with zero attached hydrogens (tertiary/aromatic N) is 3. The van der Waals surface area contributed by atoms with Gasteiger partial charge in [-0.15, -0.1) is 11.3 Å². The molecule has 1 unspecified atom stereocenters. The van der Waals surface area contributed by atoms with Crippen molar-refractivity contribution in [3.8, 4) is 10.7 Å². The smallest absolute Gasteiger partial charge is 0.142 e. The van der Waals surface area contributed by atoms with Crippen molar-refractivity contribution in [2.75, 3.05) is 6.54 Å². The first-order chi connectivity index (χ1) is 9.17. The van der Waals surface area contributed by atoms with Crippen LogP contribution in [0, 0.1) is 6.92 Å². The molecule has 0 radical (unpaired) electrons. The van der Waals surface area contributed by atoms with Crippen LogP contribution in [-0.4, -0.2) is 21.3 Å². The quantitative estimate of drug-likeness (QED) is 0.880. The van der Waals surface area contributed by atoms with E-state index in [2.05, 4.69) is 38.1 Å². The highest BCUT2D eigenvalue weighted by Gasteiger charge is 2.16. The largest absolute Gasteiger partial charge is 0.309 e. The zero-order valence-electron chi connectivity index (χ0n) is 12.1. The van der Waals surface area contributed by atoms with Gasteiger partial charge in [-0.1, -0.05) is 6.92 Å². The molecule has 5 heteroatoms. The van der Waals surface area contributed by atoms with E-state index in [1.807, 2.05) is 16.9 Å². The number of hydrogen-bond donors (Lipinski definition) is 1. The van der Waals surface area contributed by atoms with Gasteiger partial charge in [-0.3, -0.25) is 4.68 Å². The van der Waals surface area contributed by atoms with Crippen LogP contribution in [0.2, 0.25) is 0 Å². The van der Waals surface area contributed by atoms with Crippen LogP contribution in [-0.2, 0) is 6.54 Å². The molecule has 0 saturated carbocycles. The molecule has 0 amide bonds. The first-order valence-electron chi connectivity index (χ1n) is 6.90. The molecular weight excluding hydrogens is 256 g/mol. The molecule has 4 nitrogen and oxygen atoms in total. The summed E-state index contributed by atoms with van der Waals surface area (Å²) in [6.45, 7) is 10.5. The van der Waals surface area contributed by atoms with Gasteiger partial charge in [0, 0.05) is 23.7 Å². The van der Waals surface area contributed by atoms with E-state index in [1.54, 1.807) is 11.3 Å². The number of thiazole rings is 1. The highest BCUT2D eigenvalue weighted by Crippen LogP contribution is 2.31. The van der Waals surface area contributed by atoms with Gasteiger partial charge in [0.05, 0.1) is 11.4 Å². The molecular formula is C14H22N4S. The summed E-state index contributed by atoms with van der Waals surface area (Å²) in [7, 11) is 0. The number of hydrogen-bond acceptors (Lipinski definition) is 4. The van der Waals surface area contributed by atoms with Crippen LogP contribution in [0.4, 0.5) is 0 Å². The maximum absolute atomic E-state index is 4.71. The second-order valence-corrected chi connectivity index (χ2v) is 5.71. The molecule has 2 rings (SSSR count). The summed E-state index contributed by atoms with van der Waals surface area (Å²) in [5, 5.41) is 8.90. The summed E-state index contributed by atoms with van der Waals surface area (Å²) in [5.74, 6) is 0. The minimum absolute atomic E-state index is 0.365. The second-order valence-electron chi connectivity index (χ2n) is 4.68. The van der Waals surface area contributed by atoms with E-state index in [0.29, 0.717) is 6.04 Å². The van der Waals surface area contributed by atoms with Crippen LogP contribution in [0.1, 0.15) is 43.8 Å². The fraction of sp³-hybridized carbons (Fsp3) is 0.571. The van der Waals surface area contributed by atoms with E-state index in [9.17, 15) is 0 Å². The lowest BCUT2D eigenvalue weighted by Crippen LogP contribution is -2.18. The molecule has 1 N–H and O–H groups in total. The fourth-order valence-corrected chi connectivity index (χ4v) is 3.26. The van der Waals surface area contributed by atoms with Gasteiger partial charge in [0.1, 0.15) is 5.01 Å². The van der Waals surface area contributed by atoms with Crippen LogP contribution >= 0.6 is 11.3 Å². The van der Waals surface area contributed by atoms with Crippen LogP contribution in [0.3, 0.4) is 0 Å². The summed E-state index contributed by atoms with van der Waals surface area (Å²) in [6.07, 6.45) is 2.99. The number of aryl methyl sites for hydroxylation is 2. The Morgan fingerprint density at radius 1 is 1.42 bits per heavy atom. The predicted octanol–water partition coefficient (Wildman–Crippen LogP) is 3.40. The molecule has 0 spiro atoms. The normalized spacial score (nSPS) is 12.8. The predicted molar refractivity (Wildman–Crippen MR) is 80.5 cm³/mol. The molecule has 2 aromatic heterocycles. The molecule has 0 aliphatic heterocycles. The van der Waals surface area contributed by atoms with Crippen molar-refractivity contribution in [2.45, 2.75) is 46.7 Å². The van der Waals surface area contributed by atoms with Crippen LogP contribution < -0.4 is 5.32 Å². The van der Waals surface area contributed by atoms with E-state index in [1.165, 1.54) is 4.88 Å². The number of nitrogens with one attached hydrogen (secondary N) is 1. The standard InChI is InChI=1S/C14H22N4S/c1-5-8-15-10(3)13-11(4)17-14(19-13)12-7-9-16-18(12)6-2/h7,9-10,15H,5-6,8H2,1-4H3. The van der Waals surface area contributed by atoms with Gasteiger partial charge < -0.3 is 5.32 Å². The zero-order chi connectivity index (χ0) is 13.8. The average Bonchev–Trinajstić information content (AvgIpc) is 3.01. The second kappa shape index (κ2) is 6.30. The third kappa shape index (κ3) is 3.04. The van der Waals surface area contributed by atoms with Gasteiger partial charge in [0.15, 0.2) is 0 Å². The van der Waals surface area contributed by atoms with E-state index in [0.717, 1.165) is 35.9 Å². The SMILES string of the molecule is CCCNC(C)c1sc(-c2ccnn2CC)nc1C. The monoisotopic (exact) mass is 278 g/mol. The van der Waals surface area contributed by atoms with Gasteiger partial charge >= 0.3 is 0 Å². The van der Waals surface area contributed by atoms with Crippen molar-refractivity contribution in [2.24, 2.45) is 0 Å². The summed E-state index contributed by atoms with van der Waals surface area (Å²) in [5.41, 5.74) is 2.24. The first-order valence-corrected chi connectivity index (χ1v) is 7.71. The Bertz CT molecular complexity index is 529. The Labute approximate surface area is 118 Å². The lowest BCUT2D eigenvalue weighted by atomic mass is 10.2. The minimum atomic E-state index is 0.365. The lowest BCUT2D eigenvalue weighted by Gasteiger charge is -2.11. The van der Waals surface area contributed by atoms with Crippen LogP contribution in [0.15, 0.2) is 12.3 Å². The topological polar surface area (TPSA) is 42.7 Å². The van der Waals surface area contributed by atoms with Crippen LogP contribution in [0.25, 0.3) is 10.7 Å². The van der Waals surface area contributed by atoms with E-state index in [-0.39, 0.29) is 0 Å². The minimum Gasteiger partial charge on any atom is -0.309 e. The van der Waals surface area contributed by atoms with Crippen molar-refractivity contribution in [3.05, 3.63) is 22.8 Å². The Hall–Kier alpha value is -1.20. The molecule has 0 aliphatic rings. The van der Waals surface area contributed by atoms with Gasteiger partial charge in [-0.2, -0.15) is 5.10 Å². The summed E-state index contributed by atoms with van der Waals surface area (Å²) in [4.78, 5) is 6.03. The third-order valence-corrected chi connectivity index (χ3v) is 4.52. The molecule has 2 heterocycles.